The highest BCUT2D eigenvalue weighted by Gasteiger charge is 2.54. The van der Waals surface area contributed by atoms with Crippen molar-refractivity contribution in [3.8, 4) is 0 Å². The number of carbonyl (C=O) groups excluding carboxylic acids is 3. The van der Waals surface area contributed by atoms with Crippen LogP contribution in [0.1, 0.15) is 45.0 Å². The molecule has 3 heterocycles. The Kier molecular flexibility index (Phi) is 8.73. The monoisotopic (exact) mass is 504 g/mol. The molecule has 3 aliphatic heterocycles. The molecule has 0 aromatic heterocycles. The van der Waals surface area contributed by atoms with Gasteiger partial charge in [0.25, 0.3) is 0 Å². The first kappa shape index (κ1) is 26.3. The summed E-state index contributed by atoms with van der Waals surface area (Å²) in [7, 11) is 1.39. The normalized spacial score (nSPS) is 34.9. The molecule has 1 unspecified atom stereocenters. The lowest BCUT2D eigenvalue weighted by molar-refractivity contribution is -0.359. The van der Waals surface area contributed by atoms with Gasteiger partial charge in [-0.05, 0) is 26.7 Å². The maximum absolute atomic E-state index is 13.3. The summed E-state index contributed by atoms with van der Waals surface area (Å²) in [6, 6.07) is 9.31. The highest BCUT2D eigenvalue weighted by atomic mass is 16.8. The Bertz CT molecular complexity index is 961. The van der Waals surface area contributed by atoms with Crippen LogP contribution in [-0.4, -0.2) is 68.9 Å². The van der Waals surface area contributed by atoms with Crippen LogP contribution in [0.4, 0.5) is 0 Å². The van der Waals surface area contributed by atoms with Crippen LogP contribution in [0, 0.1) is 5.92 Å². The second-order valence-corrected chi connectivity index (χ2v) is 8.91. The summed E-state index contributed by atoms with van der Waals surface area (Å²) in [4.78, 5) is 38.7. The molecule has 7 atom stereocenters. The van der Waals surface area contributed by atoms with E-state index in [1.165, 1.54) is 7.11 Å². The van der Waals surface area contributed by atoms with Crippen LogP contribution in [0.2, 0.25) is 0 Å². The maximum Gasteiger partial charge on any atom is 0.321 e. The van der Waals surface area contributed by atoms with Crippen LogP contribution in [0.3, 0.4) is 0 Å². The van der Waals surface area contributed by atoms with E-state index in [9.17, 15) is 14.4 Å². The summed E-state index contributed by atoms with van der Waals surface area (Å²) in [5.41, 5.74) is 1.54. The molecule has 1 aromatic rings. The van der Waals surface area contributed by atoms with Crippen molar-refractivity contribution < 1.29 is 47.5 Å². The van der Waals surface area contributed by atoms with Crippen LogP contribution in [0.15, 0.2) is 42.0 Å². The van der Waals surface area contributed by atoms with Crippen LogP contribution in [0.5, 0.6) is 0 Å². The zero-order valence-electron chi connectivity index (χ0n) is 20.6. The van der Waals surface area contributed by atoms with Crippen molar-refractivity contribution in [2.45, 2.75) is 70.1 Å². The highest BCUT2D eigenvalue weighted by Crippen LogP contribution is 2.37. The van der Waals surface area contributed by atoms with Crippen molar-refractivity contribution >= 4 is 17.9 Å². The zero-order chi connectivity index (χ0) is 25.7. The number of hydrogen-bond donors (Lipinski definition) is 0. The molecule has 0 radical (unpaired) electrons. The van der Waals surface area contributed by atoms with E-state index >= 15 is 0 Å². The van der Waals surface area contributed by atoms with Gasteiger partial charge in [0.05, 0.1) is 13.2 Å². The van der Waals surface area contributed by atoms with Gasteiger partial charge in [-0.15, -0.1) is 0 Å². The lowest BCUT2D eigenvalue weighted by atomic mass is 9.95. The van der Waals surface area contributed by atoms with Gasteiger partial charge in [-0.1, -0.05) is 42.0 Å². The summed E-state index contributed by atoms with van der Waals surface area (Å²) in [6.07, 6.45) is -3.07. The molecule has 1 aromatic carbocycles. The summed E-state index contributed by atoms with van der Waals surface area (Å²) < 4.78 is 40.3. The average molecular weight is 505 g/mol. The van der Waals surface area contributed by atoms with Gasteiger partial charge in [0.2, 0.25) is 0 Å². The van der Waals surface area contributed by atoms with E-state index in [0.717, 1.165) is 11.1 Å². The van der Waals surface area contributed by atoms with Gasteiger partial charge < -0.3 is 33.2 Å². The van der Waals surface area contributed by atoms with Gasteiger partial charge in [0, 0.05) is 19.1 Å². The van der Waals surface area contributed by atoms with Crippen LogP contribution in [-0.2, 0) is 47.5 Å². The summed E-state index contributed by atoms with van der Waals surface area (Å²) in [5, 5.41) is 0. The number of esters is 3. The SMILES string of the molecule is CCOC(=O)[C@H]1C/C(C)=C/CCC(=O)O[C@@H]2[C@H](OC1=O)[C@@H](OC)O[C@@H]1COC(c3ccccc3)O[C@@H]21. The Morgan fingerprint density at radius 3 is 2.56 bits per heavy atom. The first-order valence-corrected chi connectivity index (χ1v) is 12.1. The predicted octanol–water partition coefficient (Wildman–Crippen LogP) is 2.61. The fourth-order valence-corrected chi connectivity index (χ4v) is 4.55. The molecule has 0 aliphatic carbocycles. The quantitative estimate of drug-likeness (QED) is 0.262. The minimum atomic E-state index is -1.18. The van der Waals surface area contributed by atoms with E-state index in [2.05, 4.69) is 0 Å². The van der Waals surface area contributed by atoms with Crippen molar-refractivity contribution in [2.75, 3.05) is 20.3 Å². The summed E-state index contributed by atoms with van der Waals surface area (Å²) in [6.45, 7) is 3.72. The molecule has 0 amide bonds. The van der Waals surface area contributed by atoms with E-state index in [-0.39, 0.29) is 26.1 Å². The molecule has 0 saturated carbocycles. The number of rotatable bonds is 4. The van der Waals surface area contributed by atoms with Gasteiger partial charge in [0.15, 0.2) is 30.7 Å². The van der Waals surface area contributed by atoms with Crippen molar-refractivity contribution in [1.29, 1.82) is 0 Å². The number of hydrogen-bond acceptors (Lipinski definition) is 10. The molecule has 10 heteroatoms. The van der Waals surface area contributed by atoms with Crippen LogP contribution in [0.25, 0.3) is 0 Å². The molecule has 2 saturated heterocycles. The number of ether oxygens (including phenoxy) is 7. The maximum atomic E-state index is 13.3. The first-order chi connectivity index (χ1) is 17.4. The van der Waals surface area contributed by atoms with Gasteiger partial charge in [0.1, 0.15) is 12.2 Å². The lowest BCUT2D eigenvalue weighted by Crippen LogP contribution is -2.64. The second kappa shape index (κ2) is 12.0. The smallest absolute Gasteiger partial charge is 0.321 e. The number of benzene rings is 1. The molecule has 0 N–H and O–H groups in total. The van der Waals surface area contributed by atoms with Crippen molar-refractivity contribution in [2.24, 2.45) is 5.92 Å². The fraction of sp³-hybridized carbons (Fsp3) is 0.577. The number of allylic oxidation sites excluding steroid dienone is 2. The molecule has 10 nitrogen and oxygen atoms in total. The lowest BCUT2D eigenvalue weighted by Gasteiger charge is -2.48. The van der Waals surface area contributed by atoms with Crippen molar-refractivity contribution in [3.63, 3.8) is 0 Å². The fourth-order valence-electron chi connectivity index (χ4n) is 4.55. The van der Waals surface area contributed by atoms with E-state index < -0.39 is 60.8 Å². The van der Waals surface area contributed by atoms with E-state index in [4.69, 9.17) is 33.2 Å². The van der Waals surface area contributed by atoms with E-state index in [1.807, 2.05) is 30.3 Å². The summed E-state index contributed by atoms with van der Waals surface area (Å²) >= 11 is 0. The van der Waals surface area contributed by atoms with E-state index in [1.54, 1.807) is 19.9 Å². The molecular weight excluding hydrogens is 472 g/mol. The minimum absolute atomic E-state index is 0.104. The van der Waals surface area contributed by atoms with Crippen molar-refractivity contribution in [1.82, 2.24) is 0 Å². The summed E-state index contributed by atoms with van der Waals surface area (Å²) in [5.74, 6) is -3.16. The van der Waals surface area contributed by atoms with Gasteiger partial charge >= 0.3 is 17.9 Å². The highest BCUT2D eigenvalue weighted by molar-refractivity contribution is 5.95. The minimum Gasteiger partial charge on any atom is -0.465 e. The van der Waals surface area contributed by atoms with Crippen molar-refractivity contribution in [3.05, 3.63) is 47.5 Å². The Morgan fingerprint density at radius 2 is 1.83 bits per heavy atom. The van der Waals surface area contributed by atoms with Crippen LogP contribution >= 0.6 is 0 Å². The number of carbonyl (C=O) groups is 3. The third-order valence-corrected chi connectivity index (χ3v) is 6.33. The molecule has 0 spiro atoms. The zero-order valence-corrected chi connectivity index (χ0v) is 20.6. The standard InChI is InChI=1S/C26H32O10/c1-4-31-23(28)17-13-15(2)9-8-12-19(27)34-21-20-18(33-26(30-3)22(21)35-24(17)29)14-32-25(36-20)16-10-6-5-7-11-16/h5-7,9-11,17-18,20-22,25-26H,4,8,12-14H2,1-3H3/b15-9+/t17-,18-,20-,21+,22+,25?,26+/m1/s1. The number of methoxy groups -OCH3 is 1. The Labute approximate surface area is 209 Å². The van der Waals surface area contributed by atoms with Crippen LogP contribution < -0.4 is 0 Å². The topological polar surface area (TPSA) is 116 Å². The van der Waals surface area contributed by atoms with Gasteiger partial charge in [-0.2, -0.15) is 0 Å². The Balaban J connectivity index is 1.65. The molecule has 196 valence electrons. The molecule has 4 rings (SSSR count). The third-order valence-electron chi connectivity index (χ3n) is 6.33. The molecule has 36 heavy (non-hydrogen) atoms. The van der Waals surface area contributed by atoms with Gasteiger partial charge in [-0.25, -0.2) is 0 Å². The number of fused-ring (bicyclic) bond motifs is 3. The second-order valence-electron chi connectivity index (χ2n) is 8.91. The molecule has 3 aliphatic rings. The van der Waals surface area contributed by atoms with E-state index in [0.29, 0.717) is 6.42 Å². The molecule has 0 bridgehead atoms. The average Bonchev–Trinajstić information content (AvgIpc) is 2.88. The third kappa shape index (κ3) is 5.95. The van der Waals surface area contributed by atoms with Gasteiger partial charge in [-0.3, -0.25) is 14.4 Å². The Hall–Kier alpha value is -2.79. The molecule has 2 fully saturated rings. The Morgan fingerprint density at radius 1 is 1.06 bits per heavy atom. The largest absolute Gasteiger partial charge is 0.465 e. The first-order valence-electron chi connectivity index (χ1n) is 12.1. The predicted molar refractivity (Wildman–Crippen MR) is 123 cm³/mol. The molecular formula is C26H32O10.